The van der Waals surface area contributed by atoms with Crippen LogP contribution >= 0.6 is 11.6 Å². The normalized spacial score (nSPS) is 11.2. The van der Waals surface area contributed by atoms with Crippen molar-refractivity contribution in [2.24, 2.45) is 7.05 Å². The molecule has 4 rings (SSSR count). The first kappa shape index (κ1) is 16.4. The van der Waals surface area contributed by atoms with Crippen LogP contribution in [0.4, 0.5) is 11.5 Å². The highest BCUT2D eigenvalue weighted by molar-refractivity contribution is 6.31. The molecule has 26 heavy (non-hydrogen) atoms. The van der Waals surface area contributed by atoms with Crippen LogP contribution in [0.25, 0.3) is 16.7 Å². The number of nitrogens with zero attached hydrogens (tertiary/aromatic N) is 5. The average Bonchev–Trinajstić information content (AvgIpc) is 3.26. The second kappa shape index (κ2) is 6.68. The monoisotopic (exact) mass is 367 g/mol. The molecular weight excluding hydrogens is 350 g/mol. The van der Waals surface area contributed by atoms with Crippen molar-refractivity contribution in [1.82, 2.24) is 24.3 Å². The van der Waals surface area contributed by atoms with Crippen LogP contribution in [0, 0.1) is 0 Å². The lowest BCUT2D eigenvalue weighted by Gasteiger charge is -2.10. The molecule has 0 unspecified atom stereocenters. The van der Waals surface area contributed by atoms with Gasteiger partial charge < -0.3 is 15.6 Å². The van der Waals surface area contributed by atoms with E-state index in [0.29, 0.717) is 23.9 Å². The number of nitrogen functional groups attached to an aromatic ring is 1. The van der Waals surface area contributed by atoms with Gasteiger partial charge in [0, 0.05) is 48.1 Å². The summed E-state index contributed by atoms with van der Waals surface area (Å²) >= 11 is 6.10. The highest BCUT2D eigenvalue weighted by atomic mass is 35.5. The summed E-state index contributed by atoms with van der Waals surface area (Å²) in [5.41, 5.74) is 9.03. The number of nitrogens with two attached hydrogens (primary N) is 1. The van der Waals surface area contributed by atoms with E-state index in [2.05, 4.69) is 37.2 Å². The molecular formula is C18H18ClN7. The smallest absolute Gasteiger partial charge is 0.181 e. The lowest BCUT2D eigenvalue weighted by Crippen LogP contribution is -2.12. The number of anilines is 2. The third kappa shape index (κ3) is 2.97. The molecule has 3 aromatic heterocycles. The Balaban J connectivity index is 1.52. The fourth-order valence-corrected chi connectivity index (χ4v) is 3.23. The standard InChI is InChI=1S/C18H18ClN7/c1-25-10-12(14-4-3-13(19)9-15(14)25)5-7-21-17-16(20)18(23-11-22-17)26-8-2-6-24-26/h2-4,6,8-11H,5,7,20H2,1H3,(H,21,22,23). The van der Waals surface area contributed by atoms with Gasteiger partial charge in [-0.2, -0.15) is 5.10 Å². The number of rotatable bonds is 5. The molecule has 0 spiro atoms. The van der Waals surface area contributed by atoms with E-state index in [0.717, 1.165) is 17.0 Å². The summed E-state index contributed by atoms with van der Waals surface area (Å²) in [7, 11) is 2.02. The van der Waals surface area contributed by atoms with E-state index in [1.807, 2.05) is 25.2 Å². The molecule has 132 valence electrons. The molecule has 0 radical (unpaired) electrons. The van der Waals surface area contributed by atoms with Crippen molar-refractivity contribution in [3.8, 4) is 5.82 Å². The summed E-state index contributed by atoms with van der Waals surface area (Å²) in [6.45, 7) is 0.696. The zero-order valence-electron chi connectivity index (χ0n) is 14.2. The van der Waals surface area contributed by atoms with Crippen LogP contribution in [-0.2, 0) is 13.5 Å². The number of aromatic nitrogens is 5. The highest BCUT2D eigenvalue weighted by Crippen LogP contribution is 2.25. The van der Waals surface area contributed by atoms with Crippen molar-refractivity contribution in [1.29, 1.82) is 0 Å². The van der Waals surface area contributed by atoms with Gasteiger partial charge in [0.2, 0.25) is 0 Å². The summed E-state index contributed by atoms with van der Waals surface area (Å²) in [5, 5.41) is 9.40. The van der Waals surface area contributed by atoms with Gasteiger partial charge in [-0.3, -0.25) is 0 Å². The minimum absolute atomic E-state index is 0.473. The Kier molecular flexibility index (Phi) is 4.22. The van der Waals surface area contributed by atoms with Gasteiger partial charge in [-0.1, -0.05) is 17.7 Å². The Hall–Kier alpha value is -3.06. The number of fused-ring (bicyclic) bond motifs is 1. The summed E-state index contributed by atoms with van der Waals surface area (Å²) in [6.07, 6.45) is 7.92. The van der Waals surface area contributed by atoms with Crippen molar-refractivity contribution < 1.29 is 0 Å². The average molecular weight is 368 g/mol. The number of hydrogen-bond acceptors (Lipinski definition) is 5. The molecule has 0 aliphatic rings. The minimum atomic E-state index is 0.473. The van der Waals surface area contributed by atoms with Crippen LogP contribution in [0.5, 0.6) is 0 Å². The van der Waals surface area contributed by atoms with Crippen LogP contribution in [0.2, 0.25) is 5.02 Å². The zero-order valence-corrected chi connectivity index (χ0v) is 15.0. The molecule has 7 nitrogen and oxygen atoms in total. The van der Waals surface area contributed by atoms with E-state index >= 15 is 0 Å². The van der Waals surface area contributed by atoms with Gasteiger partial charge >= 0.3 is 0 Å². The summed E-state index contributed by atoms with van der Waals surface area (Å²) in [5.74, 6) is 1.17. The van der Waals surface area contributed by atoms with Gasteiger partial charge in [0.15, 0.2) is 11.6 Å². The topological polar surface area (TPSA) is 86.6 Å². The van der Waals surface area contributed by atoms with Gasteiger partial charge in [-0.05, 0) is 30.2 Å². The molecule has 0 fully saturated rings. The maximum absolute atomic E-state index is 6.20. The Morgan fingerprint density at radius 1 is 1.27 bits per heavy atom. The van der Waals surface area contributed by atoms with Gasteiger partial charge in [0.1, 0.15) is 12.0 Å². The van der Waals surface area contributed by atoms with Gasteiger partial charge in [0.25, 0.3) is 0 Å². The summed E-state index contributed by atoms with van der Waals surface area (Å²) < 4.78 is 3.71. The van der Waals surface area contributed by atoms with Crippen LogP contribution in [0.15, 0.2) is 49.2 Å². The maximum Gasteiger partial charge on any atom is 0.181 e. The molecule has 0 aliphatic heterocycles. The molecule has 0 bridgehead atoms. The number of hydrogen-bond donors (Lipinski definition) is 2. The first-order valence-corrected chi connectivity index (χ1v) is 8.59. The van der Waals surface area contributed by atoms with E-state index in [-0.39, 0.29) is 0 Å². The highest BCUT2D eigenvalue weighted by Gasteiger charge is 2.11. The summed E-state index contributed by atoms with van der Waals surface area (Å²) in [4.78, 5) is 8.46. The predicted octanol–water partition coefficient (Wildman–Crippen LogP) is 3.04. The van der Waals surface area contributed by atoms with E-state index in [1.54, 1.807) is 17.1 Å². The largest absolute Gasteiger partial charge is 0.393 e. The van der Waals surface area contributed by atoms with E-state index in [9.17, 15) is 0 Å². The van der Waals surface area contributed by atoms with E-state index in [4.69, 9.17) is 17.3 Å². The number of halogens is 1. The third-order valence-electron chi connectivity index (χ3n) is 4.31. The lowest BCUT2D eigenvalue weighted by molar-refractivity contribution is 0.842. The van der Waals surface area contributed by atoms with Crippen molar-refractivity contribution >= 4 is 34.0 Å². The lowest BCUT2D eigenvalue weighted by atomic mass is 10.1. The number of nitrogens with one attached hydrogen (secondary N) is 1. The van der Waals surface area contributed by atoms with Crippen molar-refractivity contribution in [3.05, 3.63) is 59.8 Å². The number of benzene rings is 1. The molecule has 0 saturated carbocycles. The SMILES string of the molecule is Cn1cc(CCNc2ncnc(-n3cccn3)c2N)c2ccc(Cl)cc21. The zero-order chi connectivity index (χ0) is 18.1. The first-order valence-electron chi connectivity index (χ1n) is 8.21. The molecule has 0 aliphatic carbocycles. The van der Waals surface area contributed by atoms with Crippen molar-refractivity contribution in [2.75, 3.05) is 17.6 Å². The fourth-order valence-electron chi connectivity index (χ4n) is 3.06. The Bertz CT molecular complexity index is 1050. The molecule has 0 amide bonds. The van der Waals surface area contributed by atoms with Crippen LogP contribution in [0.1, 0.15) is 5.56 Å². The van der Waals surface area contributed by atoms with Crippen LogP contribution in [0.3, 0.4) is 0 Å². The second-order valence-corrected chi connectivity index (χ2v) is 6.45. The van der Waals surface area contributed by atoms with Gasteiger partial charge in [-0.15, -0.1) is 0 Å². The van der Waals surface area contributed by atoms with Crippen molar-refractivity contribution in [3.63, 3.8) is 0 Å². The van der Waals surface area contributed by atoms with Gasteiger partial charge in [-0.25, -0.2) is 14.6 Å². The third-order valence-corrected chi connectivity index (χ3v) is 4.54. The quantitative estimate of drug-likeness (QED) is 0.566. The minimum Gasteiger partial charge on any atom is -0.393 e. The fraction of sp³-hybridized carbons (Fsp3) is 0.167. The Labute approximate surface area is 155 Å². The van der Waals surface area contributed by atoms with Crippen LogP contribution < -0.4 is 11.1 Å². The summed E-state index contributed by atoms with van der Waals surface area (Å²) in [6, 6.07) is 7.77. The molecule has 4 aromatic rings. The van der Waals surface area contributed by atoms with Crippen molar-refractivity contribution in [2.45, 2.75) is 6.42 Å². The molecule has 0 atom stereocenters. The maximum atomic E-state index is 6.20. The van der Waals surface area contributed by atoms with E-state index < -0.39 is 0 Å². The van der Waals surface area contributed by atoms with Gasteiger partial charge in [0.05, 0.1) is 0 Å². The predicted molar refractivity (Wildman–Crippen MR) is 104 cm³/mol. The molecule has 0 saturated heterocycles. The number of aryl methyl sites for hydroxylation is 1. The molecule has 1 aromatic carbocycles. The molecule has 3 N–H and O–H groups in total. The Morgan fingerprint density at radius 3 is 2.96 bits per heavy atom. The second-order valence-electron chi connectivity index (χ2n) is 6.01. The Morgan fingerprint density at radius 2 is 2.15 bits per heavy atom. The van der Waals surface area contributed by atoms with E-state index in [1.165, 1.54) is 17.3 Å². The van der Waals surface area contributed by atoms with Crippen LogP contribution in [-0.4, -0.2) is 30.9 Å². The first-order chi connectivity index (χ1) is 12.6. The molecule has 8 heteroatoms. The molecule has 3 heterocycles.